The first kappa shape index (κ1) is 19.5. The van der Waals surface area contributed by atoms with E-state index in [0.717, 1.165) is 4.57 Å². The van der Waals surface area contributed by atoms with Crippen LogP contribution in [0.1, 0.15) is 13.3 Å². The lowest BCUT2D eigenvalue weighted by Gasteiger charge is -2.09. The molecule has 0 unspecified atom stereocenters. The van der Waals surface area contributed by atoms with Gasteiger partial charge in [-0.3, -0.25) is 0 Å². The average Bonchev–Trinajstić information content (AvgIpc) is 2.88. The maximum Gasteiger partial charge on any atom is 0.360 e. The number of aromatic nitrogens is 3. The summed E-state index contributed by atoms with van der Waals surface area (Å²) in [7, 11) is -1.80. The van der Waals surface area contributed by atoms with Crippen molar-refractivity contribution in [1.82, 2.24) is 19.1 Å². The molecule has 0 saturated heterocycles. The predicted octanol–water partition coefficient (Wildman–Crippen LogP) is 0.257. The highest BCUT2D eigenvalue weighted by atomic mass is 32.2. The maximum atomic E-state index is 12.4. The molecule has 0 radical (unpaired) electrons. The Morgan fingerprint density at radius 1 is 1.31 bits per heavy atom. The lowest BCUT2D eigenvalue weighted by atomic mass is 10.3. The number of carbonyl (C=O) groups excluding carboxylic acids is 1. The number of hydrogen-bond donors (Lipinski definition) is 1. The first-order valence-electron chi connectivity index (χ1n) is 7.47. The van der Waals surface area contributed by atoms with Crippen molar-refractivity contribution in [2.24, 2.45) is 7.05 Å². The summed E-state index contributed by atoms with van der Waals surface area (Å²) in [6.07, 6.45) is 0.665. The third kappa shape index (κ3) is 4.03. The van der Waals surface area contributed by atoms with Crippen LogP contribution in [0, 0.1) is 0 Å². The van der Waals surface area contributed by atoms with Gasteiger partial charge in [0.1, 0.15) is 4.90 Å². The molecule has 1 aromatic carbocycles. The third-order valence-corrected chi connectivity index (χ3v) is 4.46. The van der Waals surface area contributed by atoms with Crippen LogP contribution in [-0.2, 0) is 22.0 Å². The molecule has 0 aliphatic rings. The Kier molecular flexibility index (Phi) is 6.00. The van der Waals surface area contributed by atoms with Crippen LogP contribution < -0.4 is 20.0 Å². The van der Waals surface area contributed by atoms with E-state index in [-0.39, 0.29) is 23.3 Å². The van der Waals surface area contributed by atoms with Crippen LogP contribution in [-0.4, -0.2) is 42.5 Å². The molecule has 1 N–H and O–H groups in total. The Morgan fingerprint density at radius 2 is 2.00 bits per heavy atom. The largest absolute Gasteiger partial charge is 0.464 e. The fraction of sp³-hybridized carbons (Fsp3) is 0.357. The fourth-order valence-corrected chi connectivity index (χ4v) is 2.97. The number of sulfonamides is 1. The van der Waals surface area contributed by atoms with E-state index in [2.05, 4.69) is 9.99 Å². The minimum absolute atomic E-state index is 0.104. The predicted molar refractivity (Wildman–Crippen MR) is 88.4 cm³/mol. The molecule has 0 aliphatic carbocycles. The minimum Gasteiger partial charge on any atom is -0.464 e. The number of nitrogens with one attached hydrogen (secondary N) is 1. The summed E-state index contributed by atoms with van der Waals surface area (Å²) in [5.41, 5.74) is -0.856. The second-order valence-corrected chi connectivity index (χ2v) is 6.64. The van der Waals surface area contributed by atoms with E-state index >= 15 is 0 Å². The first-order valence-corrected chi connectivity index (χ1v) is 8.95. The maximum absolute atomic E-state index is 12.4. The molecule has 26 heavy (non-hydrogen) atoms. The zero-order chi connectivity index (χ0) is 19.3. The van der Waals surface area contributed by atoms with Gasteiger partial charge >= 0.3 is 17.7 Å². The number of hydrogen-bond acceptors (Lipinski definition) is 8. The van der Waals surface area contributed by atoms with Crippen molar-refractivity contribution >= 4 is 16.1 Å². The molecule has 0 saturated carbocycles. The van der Waals surface area contributed by atoms with Gasteiger partial charge in [0.05, 0.1) is 13.7 Å². The van der Waals surface area contributed by atoms with E-state index in [1.165, 1.54) is 38.4 Å². The summed E-state index contributed by atoms with van der Waals surface area (Å²) in [5, 5.41) is 3.70. The third-order valence-electron chi connectivity index (χ3n) is 3.10. The van der Waals surface area contributed by atoms with Crippen LogP contribution in [0.5, 0.6) is 11.8 Å². The van der Waals surface area contributed by atoms with Gasteiger partial charge in [0.15, 0.2) is 5.75 Å². The molecule has 2 rings (SSSR count). The molecule has 0 spiro atoms. The van der Waals surface area contributed by atoms with Crippen molar-refractivity contribution in [3.8, 4) is 11.8 Å². The highest BCUT2D eigenvalue weighted by Crippen LogP contribution is 2.23. The Bertz CT molecular complexity index is 948. The molecular formula is C14H18N4O7S. The second-order valence-electron chi connectivity index (χ2n) is 4.99. The lowest BCUT2D eigenvalue weighted by molar-refractivity contribution is -0.180. The van der Waals surface area contributed by atoms with Gasteiger partial charge < -0.3 is 9.62 Å². The first-order chi connectivity index (χ1) is 12.3. The van der Waals surface area contributed by atoms with Crippen molar-refractivity contribution in [2.75, 3.05) is 13.7 Å². The van der Waals surface area contributed by atoms with Crippen molar-refractivity contribution in [2.45, 2.75) is 18.2 Å². The molecule has 0 aliphatic heterocycles. The summed E-state index contributed by atoms with van der Waals surface area (Å²) in [4.78, 5) is 33.2. The van der Waals surface area contributed by atoms with Crippen LogP contribution in [0.2, 0.25) is 0 Å². The monoisotopic (exact) mass is 386 g/mol. The quantitative estimate of drug-likeness (QED) is 0.529. The molecule has 0 fully saturated rings. The molecule has 1 aromatic heterocycles. The van der Waals surface area contributed by atoms with E-state index in [9.17, 15) is 18.0 Å². The summed E-state index contributed by atoms with van der Waals surface area (Å²) in [6.45, 7) is 2.14. The number of ether oxygens (including phenoxy) is 1. The van der Waals surface area contributed by atoms with Crippen molar-refractivity contribution < 1.29 is 27.7 Å². The average molecular weight is 386 g/mol. The Labute approximate surface area is 149 Å². The van der Waals surface area contributed by atoms with E-state index in [1.807, 2.05) is 6.92 Å². The SMILES string of the molecule is CCCOc1nn(C(=O)NS(=O)(=O)c2ccccc2OOC)c(=O)n1C. The van der Waals surface area contributed by atoms with Gasteiger partial charge in [0.25, 0.3) is 10.0 Å². The number of rotatable bonds is 7. The van der Waals surface area contributed by atoms with Crippen LogP contribution in [0.3, 0.4) is 0 Å². The highest BCUT2D eigenvalue weighted by molar-refractivity contribution is 7.90. The van der Waals surface area contributed by atoms with Gasteiger partial charge in [-0.05, 0) is 18.6 Å². The van der Waals surface area contributed by atoms with Gasteiger partial charge in [-0.1, -0.05) is 19.1 Å². The van der Waals surface area contributed by atoms with Crippen LogP contribution >= 0.6 is 0 Å². The smallest absolute Gasteiger partial charge is 0.360 e. The number of carbonyl (C=O) groups is 1. The molecule has 2 aromatic rings. The number of amides is 1. The summed E-state index contributed by atoms with van der Waals surface area (Å²) in [5.74, 6) is -0.129. The van der Waals surface area contributed by atoms with E-state index in [0.29, 0.717) is 11.1 Å². The highest BCUT2D eigenvalue weighted by Gasteiger charge is 2.26. The molecule has 0 atom stereocenters. The summed E-state index contributed by atoms with van der Waals surface area (Å²) < 4.78 is 33.2. The van der Waals surface area contributed by atoms with Crippen LogP contribution in [0.4, 0.5) is 4.79 Å². The van der Waals surface area contributed by atoms with Gasteiger partial charge in [-0.2, -0.15) is 4.89 Å². The van der Waals surface area contributed by atoms with Gasteiger partial charge in [-0.25, -0.2) is 27.3 Å². The molecule has 0 bridgehead atoms. The van der Waals surface area contributed by atoms with Gasteiger partial charge in [-0.15, -0.1) is 9.78 Å². The summed E-state index contributed by atoms with van der Waals surface area (Å²) >= 11 is 0. The van der Waals surface area contributed by atoms with Gasteiger partial charge in [0, 0.05) is 7.05 Å². The van der Waals surface area contributed by atoms with E-state index in [4.69, 9.17) is 9.62 Å². The molecular weight excluding hydrogens is 368 g/mol. The Hall–Kier alpha value is -2.86. The number of nitrogens with zero attached hydrogens (tertiary/aromatic N) is 3. The molecule has 1 amide bonds. The Balaban J connectivity index is 2.31. The lowest BCUT2D eigenvalue weighted by Crippen LogP contribution is -2.40. The summed E-state index contributed by atoms with van der Waals surface area (Å²) in [6, 6.07) is 4.14. The molecule has 12 heteroatoms. The Morgan fingerprint density at radius 3 is 2.65 bits per heavy atom. The molecule has 142 valence electrons. The normalized spacial score (nSPS) is 11.2. The zero-order valence-corrected chi connectivity index (χ0v) is 15.1. The number of benzene rings is 1. The van der Waals surface area contributed by atoms with Crippen molar-refractivity contribution in [1.29, 1.82) is 0 Å². The zero-order valence-electron chi connectivity index (χ0n) is 14.3. The second kappa shape index (κ2) is 8.01. The van der Waals surface area contributed by atoms with Crippen LogP contribution in [0.25, 0.3) is 0 Å². The fourth-order valence-electron chi connectivity index (χ4n) is 1.91. The topological polar surface area (TPSA) is 131 Å². The number of para-hydroxylation sites is 1. The van der Waals surface area contributed by atoms with Crippen LogP contribution in [0.15, 0.2) is 34.0 Å². The van der Waals surface area contributed by atoms with Crippen molar-refractivity contribution in [3.63, 3.8) is 0 Å². The van der Waals surface area contributed by atoms with Gasteiger partial charge in [0.2, 0.25) is 0 Å². The van der Waals surface area contributed by atoms with Crippen molar-refractivity contribution in [3.05, 3.63) is 34.7 Å². The molecule has 1 heterocycles. The molecule has 11 nitrogen and oxygen atoms in total. The standard InChI is InChI=1S/C14H18N4O7S/c1-4-9-24-13-15-18(14(20)17(13)2)12(19)16-26(21,22)11-8-6-5-7-10(11)25-23-3/h5-8H,4,9H2,1-3H3,(H,16,19). The van der Waals surface area contributed by atoms with E-state index < -0.39 is 21.7 Å². The van der Waals surface area contributed by atoms with E-state index in [1.54, 1.807) is 4.72 Å². The minimum atomic E-state index is -4.35.